The quantitative estimate of drug-likeness (QED) is 0.317. The van der Waals surface area contributed by atoms with E-state index in [1.807, 2.05) is 0 Å². The highest BCUT2D eigenvalue weighted by molar-refractivity contribution is 4.71. The van der Waals surface area contributed by atoms with E-state index in [-0.39, 0.29) is 0 Å². The minimum Gasteiger partial charge on any atom is -0.0654 e. The summed E-state index contributed by atoms with van der Waals surface area (Å²) in [5.41, 5.74) is 0. The van der Waals surface area contributed by atoms with E-state index in [1.165, 1.54) is 70.6 Å². The molecule has 18 heavy (non-hydrogen) atoms. The maximum Gasteiger partial charge on any atom is -0.0358 e. The van der Waals surface area contributed by atoms with Crippen molar-refractivity contribution in [2.45, 2.75) is 98.3 Å². The first-order valence-electron chi connectivity index (χ1n) is 8.50. The van der Waals surface area contributed by atoms with Crippen molar-refractivity contribution < 1.29 is 0 Å². The molecule has 0 saturated carbocycles. The van der Waals surface area contributed by atoms with E-state index < -0.39 is 0 Å². The molecule has 0 aliphatic heterocycles. The van der Waals surface area contributed by atoms with Gasteiger partial charge in [0.15, 0.2) is 0 Å². The van der Waals surface area contributed by atoms with Gasteiger partial charge < -0.3 is 0 Å². The summed E-state index contributed by atoms with van der Waals surface area (Å²) >= 11 is 0. The van der Waals surface area contributed by atoms with Gasteiger partial charge in [-0.25, -0.2) is 0 Å². The molecule has 0 bridgehead atoms. The molecule has 0 nitrogen and oxygen atoms in total. The first-order chi connectivity index (χ1) is 8.66. The highest BCUT2D eigenvalue weighted by Crippen LogP contribution is 2.18. The molecule has 0 aromatic rings. The molecule has 0 spiro atoms. The van der Waals surface area contributed by atoms with Crippen molar-refractivity contribution in [2.24, 2.45) is 11.8 Å². The van der Waals surface area contributed by atoms with Gasteiger partial charge in [0.25, 0.3) is 0 Å². The van der Waals surface area contributed by atoms with Crippen molar-refractivity contribution in [2.75, 3.05) is 0 Å². The maximum atomic E-state index is 2.47. The molecule has 1 atom stereocenters. The predicted molar refractivity (Wildman–Crippen MR) is 84.8 cm³/mol. The van der Waals surface area contributed by atoms with Gasteiger partial charge in [0.2, 0.25) is 0 Å². The molecule has 0 fully saturated rings. The van der Waals surface area contributed by atoms with Crippen LogP contribution in [0.25, 0.3) is 0 Å². The largest absolute Gasteiger partial charge is 0.0654 e. The summed E-state index contributed by atoms with van der Waals surface area (Å²) in [5, 5.41) is 0. The minimum atomic E-state index is 0.760. The Balaban J connectivity index is 3.10. The van der Waals surface area contributed by atoms with Crippen LogP contribution in [0.4, 0.5) is 0 Å². The Labute approximate surface area is 117 Å². The Bertz CT molecular complexity index is 148. The van der Waals surface area contributed by atoms with Crippen LogP contribution < -0.4 is 0 Å². The summed E-state index contributed by atoms with van der Waals surface area (Å²) in [5.74, 6) is 1.66. The summed E-state index contributed by atoms with van der Waals surface area (Å²) in [7, 11) is 0. The molecular weight excluding hydrogens is 216 g/mol. The van der Waals surface area contributed by atoms with Gasteiger partial charge in [-0.05, 0) is 24.7 Å². The summed E-state index contributed by atoms with van der Waals surface area (Å²) in [6.07, 6.45) is 18.2. The predicted octanol–water partition coefficient (Wildman–Crippen LogP) is 6.79. The molecule has 0 aliphatic carbocycles. The van der Waals surface area contributed by atoms with Gasteiger partial charge in [-0.1, -0.05) is 91.9 Å². The van der Waals surface area contributed by atoms with Crippen LogP contribution in [0.1, 0.15) is 98.3 Å². The third-order valence-corrected chi connectivity index (χ3v) is 3.81. The zero-order chi connectivity index (χ0) is 13.6. The fraction of sp³-hybridized carbons (Fsp3) is 0.944. The lowest BCUT2D eigenvalue weighted by atomic mass is 9.94. The molecule has 0 heteroatoms. The number of rotatable bonds is 13. The van der Waals surface area contributed by atoms with E-state index in [9.17, 15) is 0 Å². The van der Waals surface area contributed by atoms with Gasteiger partial charge in [-0.15, -0.1) is 0 Å². The van der Waals surface area contributed by atoms with Crippen LogP contribution in [-0.4, -0.2) is 0 Å². The Hall–Kier alpha value is 0. The Morgan fingerprint density at radius 2 is 1.22 bits per heavy atom. The van der Waals surface area contributed by atoms with Crippen LogP contribution in [0.5, 0.6) is 0 Å². The summed E-state index contributed by atoms with van der Waals surface area (Å²) in [6.45, 7) is 9.26. The second kappa shape index (κ2) is 13.4. The second-order valence-electron chi connectivity index (χ2n) is 6.44. The molecule has 1 unspecified atom stereocenters. The van der Waals surface area contributed by atoms with Crippen LogP contribution in [0, 0.1) is 18.3 Å². The van der Waals surface area contributed by atoms with E-state index >= 15 is 0 Å². The number of unbranched alkanes of at least 4 members (excludes halogenated alkanes) is 8. The van der Waals surface area contributed by atoms with Crippen molar-refractivity contribution >= 4 is 0 Å². The SMILES string of the molecule is CCCCCCCCCCCC(C)C[CH]C(C)C. The van der Waals surface area contributed by atoms with E-state index in [0.717, 1.165) is 11.8 Å². The van der Waals surface area contributed by atoms with Crippen LogP contribution in [0.3, 0.4) is 0 Å². The highest BCUT2D eigenvalue weighted by atomic mass is 14.1. The van der Waals surface area contributed by atoms with Gasteiger partial charge >= 0.3 is 0 Å². The lowest BCUT2D eigenvalue weighted by Gasteiger charge is -2.12. The number of hydrogen-bond acceptors (Lipinski definition) is 0. The van der Waals surface area contributed by atoms with Crippen LogP contribution in [0.15, 0.2) is 0 Å². The van der Waals surface area contributed by atoms with Gasteiger partial charge in [0.05, 0.1) is 0 Å². The smallest absolute Gasteiger partial charge is 0.0358 e. The molecule has 1 radical (unpaired) electrons. The topological polar surface area (TPSA) is 0 Å². The fourth-order valence-corrected chi connectivity index (χ4v) is 2.43. The lowest BCUT2D eigenvalue weighted by molar-refractivity contribution is 0.461. The normalized spacial score (nSPS) is 13.2. The zero-order valence-corrected chi connectivity index (χ0v) is 13.5. The van der Waals surface area contributed by atoms with E-state index in [1.54, 1.807) is 0 Å². The molecule has 0 N–H and O–H groups in total. The van der Waals surface area contributed by atoms with Crippen molar-refractivity contribution in [1.82, 2.24) is 0 Å². The van der Waals surface area contributed by atoms with Crippen molar-refractivity contribution in [1.29, 1.82) is 0 Å². The first kappa shape index (κ1) is 18.0. The standard InChI is InChI=1S/C18H37/c1-5-6-7-8-9-10-11-12-13-14-18(4)16-15-17(2)3/h15,17-18H,5-14,16H2,1-4H3. The second-order valence-corrected chi connectivity index (χ2v) is 6.44. The molecule has 0 amide bonds. The highest BCUT2D eigenvalue weighted by Gasteiger charge is 2.03. The molecule has 0 heterocycles. The van der Waals surface area contributed by atoms with Gasteiger partial charge in [0, 0.05) is 0 Å². The zero-order valence-electron chi connectivity index (χ0n) is 13.5. The third-order valence-electron chi connectivity index (χ3n) is 3.81. The van der Waals surface area contributed by atoms with E-state index in [2.05, 4.69) is 34.1 Å². The van der Waals surface area contributed by atoms with Crippen LogP contribution in [-0.2, 0) is 0 Å². The monoisotopic (exact) mass is 253 g/mol. The van der Waals surface area contributed by atoms with Gasteiger partial charge in [-0.3, -0.25) is 0 Å². The van der Waals surface area contributed by atoms with Gasteiger partial charge in [-0.2, -0.15) is 0 Å². The Morgan fingerprint density at radius 3 is 1.72 bits per heavy atom. The fourth-order valence-electron chi connectivity index (χ4n) is 2.43. The van der Waals surface area contributed by atoms with Crippen LogP contribution in [0.2, 0.25) is 0 Å². The number of hydrogen-bond donors (Lipinski definition) is 0. The Morgan fingerprint density at radius 1 is 0.722 bits per heavy atom. The minimum absolute atomic E-state index is 0.760. The van der Waals surface area contributed by atoms with Crippen molar-refractivity contribution in [3.05, 3.63) is 6.42 Å². The lowest BCUT2D eigenvalue weighted by Crippen LogP contribution is -1.98. The van der Waals surface area contributed by atoms with Crippen molar-refractivity contribution in [3.63, 3.8) is 0 Å². The van der Waals surface area contributed by atoms with Crippen molar-refractivity contribution in [3.8, 4) is 0 Å². The van der Waals surface area contributed by atoms with E-state index in [0.29, 0.717) is 0 Å². The summed E-state index contributed by atoms with van der Waals surface area (Å²) in [4.78, 5) is 0. The van der Waals surface area contributed by atoms with Crippen LogP contribution >= 0.6 is 0 Å². The molecule has 0 aromatic heterocycles. The molecule has 0 aromatic carbocycles. The summed E-state index contributed by atoms with van der Waals surface area (Å²) < 4.78 is 0. The average Bonchev–Trinajstić information content (AvgIpc) is 2.34. The molecule has 0 saturated heterocycles. The van der Waals surface area contributed by atoms with Gasteiger partial charge in [0.1, 0.15) is 0 Å². The molecular formula is C18H37. The van der Waals surface area contributed by atoms with E-state index in [4.69, 9.17) is 0 Å². The maximum absolute atomic E-state index is 2.47. The molecule has 109 valence electrons. The third kappa shape index (κ3) is 14.1. The summed E-state index contributed by atoms with van der Waals surface area (Å²) in [6, 6.07) is 0. The molecule has 0 rings (SSSR count). The first-order valence-corrected chi connectivity index (χ1v) is 8.50. The Kier molecular flexibility index (Phi) is 13.4. The average molecular weight is 253 g/mol. The molecule has 0 aliphatic rings.